The average Bonchev–Trinajstić information content (AvgIpc) is 2.35. The van der Waals surface area contributed by atoms with Gasteiger partial charge in [-0.25, -0.2) is 9.89 Å². The van der Waals surface area contributed by atoms with Gasteiger partial charge in [0, 0.05) is 0 Å². The van der Waals surface area contributed by atoms with Crippen LogP contribution in [0.3, 0.4) is 0 Å². The number of aromatic nitrogens is 3. The predicted molar refractivity (Wildman–Crippen MR) is 42.7 cm³/mol. The highest BCUT2D eigenvalue weighted by Crippen LogP contribution is 1.83. The van der Waals surface area contributed by atoms with Crippen molar-refractivity contribution in [2.24, 2.45) is 0 Å². The fourth-order valence-corrected chi connectivity index (χ4v) is 0.722. The molecule has 0 fully saturated rings. The van der Waals surface area contributed by atoms with E-state index in [0.29, 0.717) is 5.82 Å². The van der Waals surface area contributed by atoms with Crippen LogP contribution in [0.5, 0.6) is 0 Å². The normalized spacial score (nSPS) is 9.83. The summed E-state index contributed by atoms with van der Waals surface area (Å²) in [5.74, 6) is -0.279. The molecule has 0 saturated carbocycles. The molecule has 7 heteroatoms. The van der Waals surface area contributed by atoms with E-state index >= 15 is 0 Å². The molecule has 2 N–H and O–H groups in total. The van der Waals surface area contributed by atoms with Gasteiger partial charge in [0.2, 0.25) is 0 Å². The van der Waals surface area contributed by atoms with Crippen molar-refractivity contribution >= 4 is 17.5 Å². The lowest BCUT2D eigenvalue weighted by Crippen LogP contribution is -2.32. The molecule has 0 aliphatic carbocycles. The number of carbonyl (C=O) groups excluding carboxylic acids is 1. The second-order valence-corrected chi connectivity index (χ2v) is 2.35. The van der Waals surface area contributed by atoms with Crippen LogP contribution in [-0.4, -0.2) is 26.7 Å². The van der Waals surface area contributed by atoms with Gasteiger partial charge in [0.05, 0.1) is 0 Å². The highest BCUT2D eigenvalue weighted by molar-refractivity contribution is 6.28. The number of hydrogen-bond acceptors (Lipinski definition) is 3. The quantitative estimate of drug-likeness (QED) is 0.599. The van der Waals surface area contributed by atoms with Gasteiger partial charge in [0.1, 0.15) is 5.88 Å². The standard InChI is InChI=1S/C5H7ClN4O2/c1-3-7-8-5(12)10(3)9-4(11)2-6/h2H2,1H3,(H,8,12)(H,9,11). The first-order valence-electron chi connectivity index (χ1n) is 3.15. The summed E-state index contributed by atoms with van der Waals surface area (Å²) in [6.45, 7) is 1.58. The smallest absolute Gasteiger partial charge is 0.272 e. The number of carbonyl (C=O) groups is 1. The van der Waals surface area contributed by atoms with E-state index in [4.69, 9.17) is 11.6 Å². The van der Waals surface area contributed by atoms with Gasteiger partial charge in [-0.2, -0.15) is 9.77 Å². The molecule has 66 valence electrons. The number of nitrogens with one attached hydrogen (secondary N) is 2. The van der Waals surface area contributed by atoms with Crippen LogP contribution in [0.15, 0.2) is 4.79 Å². The summed E-state index contributed by atoms with van der Waals surface area (Å²) in [5.41, 5.74) is 1.75. The Kier molecular flexibility index (Phi) is 2.49. The Balaban J connectivity index is 2.88. The topological polar surface area (TPSA) is 79.8 Å². The van der Waals surface area contributed by atoms with Gasteiger partial charge < -0.3 is 0 Å². The minimum atomic E-state index is -0.494. The van der Waals surface area contributed by atoms with E-state index in [-0.39, 0.29) is 5.88 Å². The molecule has 1 heterocycles. The number of amides is 1. The van der Waals surface area contributed by atoms with E-state index in [9.17, 15) is 9.59 Å². The number of hydrogen-bond donors (Lipinski definition) is 2. The van der Waals surface area contributed by atoms with E-state index in [1.807, 2.05) is 0 Å². The molecule has 0 spiro atoms. The largest absolute Gasteiger partial charge is 0.362 e. The van der Waals surface area contributed by atoms with Crippen molar-refractivity contribution in [2.45, 2.75) is 6.92 Å². The van der Waals surface area contributed by atoms with E-state index in [2.05, 4.69) is 15.6 Å². The van der Waals surface area contributed by atoms with E-state index in [1.165, 1.54) is 0 Å². The summed E-state index contributed by atoms with van der Waals surface area (Å²) in [7, 11) is 0. The average molecular weight is 191 g/mol. The Morgan fingerprint density at radius 3 is 2.92 bits per heavy atom. The Bertz CT molecular complexity index is 341. The molecule has 1 aromatic rings. The van der Waals surface area contributed by atoms with E-state index < -0.39 is 11.6 Å². The van der Waals surface area contributed by atoms with Gasteiger partial charge >= 0.3 is 5.69 Å². The van der Waals surface area contributed by atoms with Crippen molar-refractivity contribution in [3.8, 4) is 0 Å². The van der Waals surface area contributed by atoms with Crippen LogP contribution >= 0.6 is 11.6 Å². The maximum absolute atomic E-state index is 10.9. The first-order valence-corrected chi connectivity index (χ1v) is 3.68. The molecular formula is C5H7ClN4O2. The van der Waals surface area contributed by atoms with Gasteiger partial charge in [0.15, 0.2) is 5.82 Å². The molecule has 6 nitrogen and oxygen atoms in total. The number of nitrogens with zero attached hydrogens (tertiary/aromatic N) is 2. The molecular weight excluding hydrogens is 184 g/mol. The first-order chi connectivity index (χ1) is 5.65. The lowest BCUT2D eigenvalue weighted by atomic mass is 10.7. The zero-order chi connectivity index (χ0) is 9.14. The number of rotatable bonds is 2. The van der Waals surface area contributed by atoms with Crippen molar-refractivity contribution in [2.75, 3.05) is 11.3 Å². The summed E-state index contributed by atoms with van der Waals surface area (Å²) in [6.07, 6.45) is 0. The Morgan fingerprint density at radius 2 is 2.50 bits per heavy atom. The third kappa shape index (κ3) is 1.65. The fourth-order valence-electron chi connectivity index (χ4n) is 0.662. The van der Waals surface area contributed by atoms with Crippen LogP contribution in [0.2, 0.25) is 0 Å². The van der Waals surface area contributed by atoms with E-state index in [0.717, 1.165) is 4.68 Å². The molecule has 0 aliphatic heterocycles. The van der Waals surface area contributed by atoms with Crippen LogP contribution in [0.1, 0.15) is 5.82 Å². The lowest BCUT2D eigenvalue weighted by Gasteiger charge is -2.01. The van der Waals surface area contributed by atoms with Gasteiger partial charge in [-0.15, -0.1) is 11.6 Å². The molecule has 0 bridgehead atoms. The molecule has 0 unspecified atom stereocenters. The summed E-state index contributed by atoms with van der Waals surface area (Å²) < 4.78 is 0.991. The molecule has 0 aromatic carbocycles. The SMILES string of the molecule is Cc1n[nH]c(=O)n1NC(=O)CCl. The number of aromatic amines is 1. The number of H-pyrrole nitrogens is 1. The van der Waals surface area contributed by atoms with Crippen LogP contribution in [0.4, 0.5) is 0 Å². The third-order valence-electron chi connectivity index (χ3n) is 1.20. The van der Waals surface area contributed by atoms with Crippen LogP contribution in [0.25, 0.3) is 0 Å². The van der Waals surface area contributed by atoms with Gasteiger partial charge in [-0.05, 0) is 6.92 Å². The molecule has 0 atom stereocenters. The number of alkyl halides is 1. The van der Waals surface area contributed by atoms with Gasteiger partial charge in [-0.1, -0.05) is 0 Å². The molecule has 12 heavy (non-hydrogen) atoms. The highest BCUT2D eigenvalue weighted by Gasteiger charge is 2.05. The zero-order valence-electron chi connectivity index (χ0n) is 6.30. The van der Waals surface area contributed by atoms with Crippen molar-refractivity contribution < 1.29 is 4.79 Å². The monoisotopic (exact) mass is 190 g/mol. The summed E-state index contributed by atoms with van der Waals surface area (Å²) in [5, 5.41) is 5.74. The van der Waals surface area contributed by atoms with Crippen molar-refractivity contribution in [3.05, 3.63) is 16.3 Å². The first kappa shape index (κ1) is 8.79. The molecule has 1 aromatic heterocycles. The van der Waals surface area contributed by atoms with E-state index in [1.54, 1.807) is 6.92 Å². The highest BCUT2D eigenvalue weighted by atomic mass is 35.5. The minimum absolute atomic E-state index is 0.197. The van der Waals surface area contributed by atoms with Crippen molar-refractivity contribution in [1.82, 2.24) is 14.9 Å². The van der Waals surface area contributed by atoms with Crippen LogP contribution in [0, 0.1) is 6.92 Å². The van der Waals surface area contributed by atoms with Gasteiger partial charge in [-0.3, -0.25) is 10.2 Å². The van der Waals surface area contributed by atoms with Crippen molar-refractivity contribution in [3.63, 3.8) is 0 Å². The second-order valence-electron chi connectivity index (χ2n) is 2.08. The molecule has 0 aliphatic rings. The van der Waals surface area contributed by atoms with Crippen LogP contribution in [-0.2, 0) is 4.79 Å². The van der Waals surface area contributed by atoms with Crippen LogP contribution < -0.4 is 11.1 Å². The summed E-state index contributed by atoms with van der Waals surface area (Å²) >= 11 is 5.22. The molecule has 0 saturated heterocycles. The van der Waals surface area contributed by atoms with Gasteiger partial charge in [0.25, 0.3) is 5.91 Å². The predicted octanol–water partition coefficient (Wildman–Crippen LogP) is -0.811. The Morgan fingerprint density at radius 1 is 1.83 bits per heavy atom. The lowest BCUT2D eigenvalue weighted by molar-refractivity contribution is -0.114. The zero-order valence-corrected chi connectivity index (χ0v) is 7.05. The fraction of sp³-hybridized carbons (Fsp3) is 0.400. The molecule has 0 radical (unpaired) electrons. The number of halogens is 1. The second kappa shape index (κ2) is 3.40. The Hall–Kier alpha value is -1.30. The summed E-state index contributed by atoms with van der Waals surface area (Å²) in [6, 6.07) is 0. The Labute approximate surface area is 72.5 Å². The third-order valence-corrected chi connectivity index (χ3v) is 1.44. The maximum atomic E-state index is 10.9. The molecule has 1 amide bonds. The van der Waals surface area contributed by atoms with Crippen molar-refractivity contribution in [1.29, 1.82) is 0 Å². The number of aryl methyl sites for hydroxylation is 1. The minimum Gasteiger partial charge on any atom is -0.272 e. The maximum Gasteiger partial charge on any atom is 0.362 e. The summed E-state index contributed by atoms with van der Waals surface area (Å²) in [4.78, 5) is 21.6. The molecule has 1 rings (SSSR count).